The summed E-state index contributed by atoms with van der Waals surface area (Å²) in [6.07, 6.45) is 0. The van der Waals surface area contributed by atoms with Gasteiger partial charge in [0, 0.05) is 0 Å². The van der Waals surface area contributed by atoms with Crippen molar-refractivity contribution in [2.75, 3.05) is 0 Å². The molecule has 0 spiro atoms. The minimum Gasteiger partial charge on any atom is -0.165 e. The summed E-state index contributed by atoms with van der Waals surface area (Å²) >= 11 is -1.78. The average molecular weight is 734 g/mol. The molecule has 0 fully saturated rings. The third-order valence-corrected chi connectivity index (χ3v) is 34.5. The van der Waals surface area contributed by atoms with Gasteiger partial charge in [0.15, 0.2) is 0 Å². The van der Waals surface area contributed by atoms with Gasteiger partial charge in [0.25, 0.3) is 0 Å². The maximum Gasteiger partial charge on any atom is -0.0306 e. The van der Waals surface area contributed by atoms with E-state index in [4.69, 9.17) is 17.2 Å². The van der Waals surface area contributed by atoms with Gasteiger partial charge in [0.2, 0.25) is 0 Å². The first-order valence-corrected chi connectivity index (χ1v) is 30.8. The molecule has 0 nitrogen and oxygen atoms in total. The Morgan fingerprint density at radius 1 is 0.579 bits per heavy atom. The molecule has 4 rings (SSSR count). The quantitative estimate of drug-likeness (QED) is 0.145. The van der Waals surface area contributed by atoms with Crippen molar-refractivity contribution in [1.29, 1.82) is 0 Å². The minimum atomic E-state index is -1.78. The zero-order valence-electron chi connectivity index (χ0n) is 25.7. The van der Waals surface area contributed by atoms with Crippen molar-refractivity contribution in [1.82, 2.24) is 0 Å². The van der Waals surface area contributed by atoms with Crippen LogP contribution >= 0.6 is 17.2 Å². The second-order valence-corrected chi connectivity index (χ2v) is 43.9. The fourth-order valence-corrected chi connectivity index (χ4v) is 4.67. The van der Waals surface area contributed by atoms with Gasteiger partial charge < -0.3 is 0 Å². The average Bonchev–Trinajstić information content (AvgIpc) is 3.38. The van der Waals surface area contributed by atoms with Crippen LogP contribution in [0.2, 0.25) is 13.1 Å². The molecule has 0 aromatic heterocycles. The van der Waals surface area contributed by atoms with Gasteiger partial charge in [-0.05, 0) is 23.7 Å². The number of aryl methyl sites for hydroxylation is 2. The molecule has 0 saturated heterocycles. The number of halogens is 2. The first kappa shape index (κ1) is 33.5. The van der Waals surface area contributed by atoms with E-state index in [9.17, 15) is 0 Å². The molecule has 0 bridgehead atoms. The van der Waals surface area contributed by atoms with Crippen LogP contribution in [0, 0.1) is 13.8 Å². The number of hydrogen-bond acceptors (Lipinski definition) is 0. The van der Waals surface area contributed by atoms with Crippen molar-refractivity contribution in [2.45, 2.75) is 106 Å². The third kappa shape index (κ3) is 9.18. The van der Waals surface area contributed by atoms with Crippen LogP contribution in [-0.4, -0.2) is 5.49 Å². The van der Waals surface area contributed by atoms with Gasteiger partial charge in [-0.3, -0.25) is 0 Å². The fourth-order valence-electron chi connectivity index (χ4n) is 4.67. The summed E-state index contributed by atoms with van der Waals surface area (Å²) < 4.78 is 0. The molecule has 0 saturated carbocycles. The molecule has 0 heterocycles. The van der Waals surface area contributed by atoms with Crippen molar-refractivity contribution in [3.63, 3.8) is 0 Å². The van der Waals surface area contributed by atoms with Crippen LogP contribution in [-0.2, 0) is 17.7 Å². The van der Waals surface area contributed by atoms with Gasteiger partial charge in [0.05, 0.1) is 0 Å². The first-order chi connectivity index (χ1) is 17.6. The fraction of sp³-hybridized carbons (Fsp3) is 0.471. The number of benzene rings is 2. The van der Waals surface area contributed by atoms with E-state index < -0.39 is 17.7 Å². The zero-order valence-corrected chi connectivity index (χ0v) is 31.8. The summed E-state index contributed by atoms with van der Waals surface area (Å²) in [7, 11) is 11.3. The van der Waals surface area contributed by atoms with Crippen LogP contribution in [0.5, 0.6) is 0 Å². The molecule has 4 aromatic carbocycles. The van der Waals surface area contributed by atoms with E-state index in [-0.39, 0.29) is 5.49 Å². The van der Waals surface area contributed by atoms with Gasteiger partial charge in [-0.15, -0.1) is 56.9 Å². The Labute approximate surface area is 248 Å². The normalized spacial score (nSPS) is 11.3. The molecule has 208 valence electrons. The third-order valence-electron chi connectivity index (χ3n) is 7.00. The summed E-state index contributed by atoms with van der Waals surface area (Å²) in [6, 6.07) is 18.7. The Morgan fingerprint density at radius 2 is 0.895 bits per heavy atom. The maximum absolute atomic E-state index is 5.64. The molecule has 0 aliphatic heterocycles. The molecule has 0 amide bonds. The minimum absolute atomic E-state index is 0.208. The van der Waals surface area contributed by atoms with Crippen molar-refractivity contribution in [3.8, 4) is 0 Å². The molecule has 4 aromatic rings. The monoisotopic (exact) mass is 734 g/mol. The van der Waals surface area contributed by atoms with Gasteiger partial charge in [-0.25, -0.2) is 0 Å². The SMILES string of the molecule is C[Si](C)=[Hf]([Cl])[Cl].Cc1cc2c(C(C)C)cc(C(C)C)cc2[cH-]1.Cc1cc2c(C(C)C)cc(C(C)C)cc2[cH-]1. The summed E-state index contributed by atoms with van der Waals surface area (Å²) in [5.74, 6) is 2.42. The maximum atomic E-state index is 5.64. The number of rotatable bonds is 4. The Hall–Kier alpha value is -0.673. The Balaban J connectivity index is 0.000000221. The van der Waals surface area contributed by atoms with E-state index in [1.165, 1.54) is 54.9 Å². The number of hydrogen-bond donors (Lipinski definition) is 0. The van der Waals surface area contributed by atoms with E-state index in [1.54, 1.807) is 0 Å². The van der Waals surface area contributed by atoms with E-state index in [2.05, 4.69) is 131 Å². The van der Waals surface area contributed by atoms with Crippen LogP contribution < -0.4 is 0 Å². The molecular formula is C34H48Cl2HfSi-2. The Bertz CT molecular complexity index is 1270. The molecule has 0 atom stereocenters. The van der Waals surface area contributed by atoms with E-state index in [0.29, 0.717) is 23.7 Å². The van der Waals surface area contributed by atoms with Gasteiger partial charge in [-0.1, -0.05) is 104 Å². The van der Waals surface area contributed by atoms with Crippen molar-refractivity contribution < 1.29 is 17.7 Å². The van der Waals surface area contributed by atoms with Crippen LogP contribution in [0.25, 0.3) is 21.5 Å². The molecule has 0 radical (unpaired) electrons. The topological polar surface area (TPSA) is 0 Å². The van der Waals surface area contributed by atoms with Crippen LogP contribution in [0.1, 0.15) is 112 Å². The van der Waals surface area contributed by atoms with E-state index >= 15 is 0 Å². The standard InChI is InChI=1S/2C16H21.C2H6Si.2ClH.Hf/c2*1-10(2)13-8-14-6-12(5)7-16(14)15(9-13)11(3)4;1-3-2;;;/h2*6-11H,1-5H3;1-2H3;2*1H;/q2*-1;;;;+2/p-2. The van der Waals surface area contributed by atoms with Gasteiger partial charge >= 0.3 is 53.4 Å². The van der Waals surface area contributed by atoms with Gasteiger partial charge in [-0.2, -0.15) is 12.1 Å². The molecular weight excluding hydrogens is 686 g/mol. The Kier molecular flexibility index (Phi) is 13.1. The molecule has 4 heteroatoms. The predicted octanol–water partition coefficient (Wildman–Crippen LogP) is 12.4. The molecule has 0 N–H and O–H groups in total. The zero-order chi connectivity index (χ0) is 28.9. The summed E-state index contributed by atoms with van der Waals surface area (Å²) in [5, 5.41) is 5.70. The molecule has 0 unspecified atom stereocenters. The van der Waals surface area contributed by atoms with E-state index in [0.717, 1.165) is 0 Å². The van der Waals surface area contributed by atoms with Crippen molar-refractivity contribution in [2.24, 2.45) is 0 Å². The summed E-state index contributed by atoms with van der Waals surface area (Å²) in [4.78, 5) is 0. The summed E-state index contributed by atoms with van der Waals surface area (Å²) in [6.45, 7) is 26.9. The Morgan fingerprint density at radius 3 is 1.13 bits per heavy atom. The first-order valence-electron chi connectivity index (χ1n) is 14.0. The van der Waals surface area contributed by atoms with Crippen molar-refractivity contribution >= 4 is 44.2 Å². The molecule has 0 aliphatic rings. The predicted molar refractivity (Wildman–Crippen MR) is 174 cm³/mol. The second kappa shape index (κ2) is 14.8. The van der Waals surface area contributed by atoms with Crippen LogP contribution in [0.4, 0.5) is 0 Å². The smallest absolute Gasteiger partial charge is 0.0306 e. The largest absolute Gasteiger partial charge is 0.165 e. The van der Waals surface area contributed by atoms with Crippen molar-refractivity contribution in [3.05, 3.63) is 81.9 Å². The van der Waals surface area contributed by atoms with Gasteiger partial charge in [0.1, 0.15) is 0 Å². The second-order valence-electron chi connectivity index (χ2n) is 12.2. The summed E-state index contributed by atoms with van der Waals surface area (Å²) in [5.41, 5.74) is 8.45. The molecule has 38 heavy (non-hydrogen) atoms. The van der Waals surface area contributed by atoms with Crippen LogP contribution in [0.3, 0.4) is 0 Å². The van der Waals surface area contributed by atoms with Crippen LogP contribution in [0.15, 0.2) is 48.5 Å². The number of fused-ring (bicyclic) bond motifs is 2. The van der Waals surface area contributed by atoms with E-state index in [1.807, 2.05) is 0 Å². The molecule has 0 aliphatic carbocycles.